The Balaban J connectivity index is 1.84. The highest BCUT2D eigenvalue weighted by Crippen LogP contribution is 2.31. The number of sulfonamides is 1. The minimum absolute atomic E-state index is 0.0667. The van der Waals surface area contributed by atoms with E-state index in [0.29, 0.717) is 12.4 Å². The van der Waals surface area contributed by atoms with Gasteiger partial charge in [0.15, 0.2) is 0 Å². The zero-order valence-corrected chi connectivity index (χ0v) is 18.2. The molecule has 2 N–H and O–H groups in total. The highest BCUT2D eigenvalue weighted by atomic mass is 32.2. The lowest BCUT2D eigenvalue weighted by atomic mass is 10.1. The van der Waals surface area contributed by atoms with Gasteiger partial charge in [0.25, 0.3) is 11.8 Å². The number of likely N-dealkylation sites (N-methyl/N-ethyl adjacent to an activating group) is 1. The van der Waals surface area contributed by atoms with Crippen LogP contribution in [0.2, 0.25) is 0 Å². The molecule has 2 aliphatic heterocycles. The average molecular weight is 455 g/mol. The van der Waals surface area contributed by atoms with Gasteiger partial charge in [0.2, 0.25) is 10.0 Å². The van der Waals surface area contributed by atoms with Crippen LogP contribution in [0.1, 0.15) is 26.2 Å². The Morgan fingerprint density at radius 1 is 1.26 bits per heavy atom. The Kier molecular flexibility index (Phi) is 6.82. The molecule has 0 aliphatic carbocycles. The molecule has 4 amide bonds. The molecule has 0 aromatic heterocycles. The predicted molar refractivity (Wildman–Crippen MR) is 108 cm³/mol. The van der Waals surface area contributed by atoms with Crippen LogP contribution in [0.5, 0.6) is 5.75 Å². The predicted octanol–water partition coefficient (Wildman–Crippen LogP) is 0.397. The lowest BCUT2D eigenvalue weighted by molar-refractivity contribution is -0.132. The van der Waals surface area contributed by atoms with Crippen molar-refractivity contribution >= 4 is 27.9 Å². The van der Waals surface area contributed by atoms with Gasteiger partial charge in [0, 0.05) is 13.6 Å². The van der Waals surface area contributed by atoms with E-state index in [1.165, 1.54) is 41.7 Å². The second kappa shape index (κ2) is 9.20. The van der Waals surface area contributed by atoms with Gasteiger partial charge in [0.1, 0.15) is 18.3 Å². The maximum Gasteiger partial charge on any atom is 0.327 e. The highest BCUT2D eigenvalue weighted by molar-refractivity contribution is 7.89. The van der Waals surface area contributed by atoms with Crippen molar-refractivity contribution < 1.29 is 32.7 Å². The summed E-state index contributed by atoms with van der Waals surface area (Å²) in [6.07, 6.45) is 1.72. The van der Waals surface area contributed by atoms with Crippen molar-refractivity contribution in [3.05, 3.63) is 24.3 Å². The Labute approximate surface area is 180 Å². The summed E-state index contributed by atoms with van der Waals surface area (Å²) in [6, 6.07) is 3.16. The molecule has 0 saturated carbocycles. The van der Waals surface area contributed by atoms with Crippen molar-refractivity contribution in [2.75, 3.05) is 26.7 Å². The van der Waals surface area contributed by atoms with Crippen molar-refractivity contribution in [1.82, 2.24) is 19.6 Å². The molecule has 1 aromatic rings. The number of hydrogen-bond donors (Lipinski definition) is 2. The van der Waals surface area contributed by atoms with Gasteiger partial charge in [-0.1, -0.05) is 13.3 Å². The fraction of sp³-hybridized carbons (Fsp3) is 0.526. The first-order valence-electron chi connectivity index (χ1n) is 9.96. The summed E-state index contributed by atoms with van der Waals surface area (Å²) in [5.41, 5.74) is 1.48. The van der Waals surface area contributed by atoms with Crippen LogP contribution in [0, 0.1) is 0 Å². The van der Waals surface area contributed by atoms with Crippen molar-refractivity contribution in [3.63, 3.8) is 0 Å². The summed E-state index contributed by atoms with van der Waals surface area (Å²) >= 11 is 0. The molecule has 2 saturated heterocycles. The molecule has 3 rings (SSSR count). The number of imide groups is 1. The fourth-order valence-corrected chi connectivity index (χ4v) is 5.36. The summed E-state index contributed by atoms with van der Waals surface area (Å²) < 4.78 is 33.0. The number of rotatable bonds is 8. The summed E-state index contributed by atoms with van der Waals surface area (Å²) in [4.78, 5) is 38.9. The number of amides is 4. The molecule has 0 radical (unpaired) electrons. The Hall–Kier alpha value is -2.70. The number of carbonyl (C=O) groups excluding carboxylic acids is 3. The second-order valence-corrected chi connectivity index (χ2v) is 9.42. The standard InChI is InChI=1S/C19H26N4O7S/c1-3-4-9-30-14-5-7-15(8-6-14)31(28,29)22-11-13(10-16(22)18(25)20-27)23-17(24)12-21(2)19(23)26/h5-8,13,16,27H,3-4,9-12H2,1-2H3,(H,20,25)/t13?,16-/m1/s1. The highest BCUT2D eigenvalue weighted by Gasteiger charge is 2.50. The van der Waals surface area contributed by atoms with Gasteiger partial charge in [-0.25, -0.2) is 18.7 Å². The van der Waals surface area contributed by atoms with E-state index in [1.54, 1.807) is 0 Å². The van der Waals surface area contributed by atoms with Gasteiger partial charge in [-0.2, -0.15) is 4.31 Å². The molecule has 31 heavy (non-hydrogen) atoms. The lowest BCUT2D eigenvalue weighted by Gasteiger charge is -2.23. The van der Waals surface area contributed by atoms with Crippen LogP contribution in [0.4, 0.5) is 4.79 Å². The number of nitrogens with one attached hydrogen (secondary N) is 1. The van der Waals surface area contributed by atoms with Crippen molar-refractivity contribution in [1.29, 1.82) is 0 Å². The number of carbonyl (C=O) groups is 3. The summed E-state index contributed by atoms with van der Waals surface area (Å²) in [7, 11) is -2.69. The van der Waals surface area contributed by atoms with Crippen LogP contribution in [0.3, 0.4) is 0 Å². The third-order valence-electron chi connectivity index (χ3n) is 5.38. The minimum atomic E-state index is -4.15. The lowest BCUT2D eigenvalue weighted by Crippen LogP contribution is -2.45. The number of ether oxygens (including phenoxy) is 1. The van der Waals surface area contributed by atoms with E-state index in [2.05, 4.69) is 0 Å². The minimum Gasteiger partial charge on any atom is -0.494 e. The second-order valence-electron chi connectivity index (χ2n) is 7.53. The largest absolute Gasteiger partial charge is 0.494 e. The quantitative estimate of drug-likeness (QED) is 0.251. The first kappa shape index (κ1) is 23.0. The SMILES string of the molecule is CCCCOc1ccc(S(=O)(=O)N2CC(N3C(=O)CN(C)C3=O)C[C@@H]2C(=O)NO)cc1. The van der Waals surface area contributed by atoms with E-state index in [4.69, 9.17) is 9.94 Å². The van der Waals surface area contributed by atoms with E-state index < -0.39 is 40.0 Å². The fourth-order valence-electron chi connectivity index (χ4n) is 3.72. The molecule has 1 unspecified atom stereocenters. The van der Waals surface area contributed by atoms with Gasteiger partial charge in [-0.05, 0) is 37.1 Å². The first-order chi connectivity index (χ1) is 14.7. The summed E-state index contributed by atoms with van der Waals surface area (Å²) in [5, 5.41) is 9.09. The first-order valence-corrected chi connectivity index (χ1v) is 11.4. The zero-order valence-electron chi connectivity index (χ0n) is 17.4. The molecule has 2 fully saturated rings. The molecule has 2 heterocycles. The van der Waals surface area contributed by atoms with Gasteiger partial charge >= 0.3 is 6.03 Å². The molecule has 11 nitrogen and oxygen atoms in total. The summed E-state index contributed by atoms with van der Waals surface area (Å²) in [6.45, 7) is 2.18. The van der Waals surface area contributed by atoms with Crippen LogP contribution in [-0.2, 0) is 19.6 Å². The van der Waals surface area contributed by atoms with Crippen LogP contribution in [0.25, 0.3) is 0 Å². The molecule has 2 aliphatic rings. The molecule has 170 valence electrons. The molecular formula is C19H26N4O7S. The van der Waals surface area contributed by atoms with Gasteiger partial charge in [-0.3, -0.25) is 19.7 Å². The van der Waals surface area contributed by atoms with E-state index in [9.17, 15) is 22.8 Å². The van der Waals surface area contributed by atoms with E-state index in [-0.39, 0.29) is 24.4 Å². The number of benzene rings is 1. The monoisotopic (exact) mass is 454 g/mol. The molecule has 1 aromatic carbocycles. The van der Waals surface area contributed by atoms with Crippen LogP contribution >= 0.6 is 0 Å². The molecular weight excluding hydrogens is 428 g/mol. The van der Waals surface area contributed by atoms with E-state index in [1.807, 2.05) is 6.92 Å². The Bertz CT molecular complexity index is 951. The third-order valence-corrected chi connectivity index (χ3v) is 7.27. The number of unbranched alkanes of at least 4 members (excludes halogenated alkanes) is 1. The van der Waals surface area contributed by atoms with Crippen molar-refractivity contribution in [3.8, 4) is 5.75 Å². The number of urea groups is 1. The average Bonchev–Trinajstić information content (AvgIpc) is 3.29. The number of hydroxylamine groups is 1. The Morgan fingerprint density at radius 2 is 1.94 bits per heavy atom. The topological polar surface area (TPSA) is 137 Å². The summed E-state index contributed by atoms with van der Waals surface area (Å²) in [5.74, 6) is -0.876. The number of nitrogens with zero attached hydrogens (tertiary/aromatic N) is 3. The molecule has 0 spiro atoms. The maximum absolute atomic E-state index is 13.2. The van der Waals surface area contributed by atoms with Crippen LogP contribution < -0.4 is 10.2 Å². The number of hydrogen-bond acceptors (Lipinski definition) is 7. The van der Waals surface area contributed by atoms with Crippen molar-refractivity contribution in [2.24, 2.45) is 0 Å². The van der Waals surface area contributed by atoms with Crippen LogP contribution in [0.15, 0.2) is 29.2 Å². The smallest absolute Gasteiger partial charge is 0.327 e. The zero-order chi connectivity index (χ0) is 22.8. The third kappa shape index (κ3) is 4.50. The molecule has 2 atom stereocenters. The van der Waals surface area contributed by atoms with Gasteiger partial charge < -0.3 is 9.64 Å². The Morgan fingerprint density at radius 3 is 2.48 bits per heavy atom. The maximum atomic E-state index is 13.2. The molecule has 0 bridgehead atoms. The normalized spacial score (nSPS) is 22.3. The van der Waals surface area contributed by atoms with E-state index in [0.717, 1.165) is 22.0 Å². The molecule has 12 heteroatoms. The van der Waals surface area contributed by atoms with Crippen LogP contribution in [-0.4, -0.2) is 84.4 Å². The van der Waals surface area contributed by atoms with Gasteiger partial charge in [-0.15, -0.1) is 0 Å². The van der Waals surface area contributed by atoms with E-state index >= 15 is 0 Å². The van der Waals surface area contributed by atoms with Crippen molar-refractivity contribution in [2.45, 2.75) is 43.2 Å². The van der Waals surface area contributed by atoms with Gasteiger partial charge in [0.05, 0.1) is 17.5 Å².